The summed E-state index contributed by atoms with van der Waals surface area (Å²) in [5.74, 6) is 0.183. The fourth-order valence-electron chi connectivity index (χ4n) is 2.51. The van der Waals surface area contributed by atoms with Crippen molar-refractivity contribution in [2.24, 2.45) is 4.99 Å². The molecule has 0 radical (unpaired) electrons. The largest absolute Gasteiger partial charge is 0.402 e. The summed E-state index contributed by atoms with van der Waals surface area (Å²) < 4.78 is 5.55. The van der Waals surface area contributed by atoms with Crippen molar-refractivity contribution >= 4 is 23.3 Å². The van der Waals surface area contributed by atoms with Gasteiger partial charge >= 0.3 is 6.01 Å². The predicted molar refractivity (Wildman–Crippen MR) is 85.8 cm³/mol. The van der Waals surface area contributed by atoms with Crippen molar-refractivity contribution in [3.05, 3.63) is 60.2 Å². The molecule has 3 aromatic rings. The summed E-state index contributed by atoms with van der Waals surface area (Å²) in [4.78, 5) is 18.2. The van der Waals surface area contributed by atoms with E-state index in [1.54, 1.807) is 11.9 Å². The standard InChI is InChI=1S/C17H12N4O2/c1-21-13-10-6-5-9-12(13)14(16(21)22)18-17-20-19-15(23-17)11-7-3-2-4-8-11/h2-10H,1H3. The van der Waals surface area contributed by atoms with Crippen molar-refractivity contribution in [3.63, 3.8) is 0 Å². The number of nitrogens with zero attached hydrogens (tertiary/aromatic N) is 4. The molecule has 0 saturated heterocycles. The van der Waals surface area contributed by atoms with Crippen LogP contribution in [0.2, 0.25) is 0 Å². The van der Waals surface area contributed by atoms with Crippen LogP contribution in [0.25, 0.3) is 11.5 Å². The monoisotopic (exact) mass is 304 g/mol. The van der Waals surface area contributed by atoms with E-state index >= 15 is 0 Å². The maximum Gasteiger partial charge on any atom is 0.343 e. The number of carbonyl (C=O) groups excluding carboxylic acids is 1. The van der Waals surface area contributed by atoms with Gasteiger partial charge in [0.05, 0.1) is 5.69 Å². The van der Waals surface area contributed by atoms with Gasteiger partial charge in [-0.15, -0.1) is 5.10 Å². The minimum Gasteiger partial charge on any atom is -0.402 e. The molecular weight excluding hydrogens is 292 g/mol. The topological polar surface area (TPSA) is 71.6 Å². The summed E-state index contributed by atoms with van der Waals surface area (Å²) in [7, 11) is 1.72. The highest BCUT2D eigenvalue weighted by molar-refractivity contribution is 6.54. The summed E-state index contributed by atoms with van der Waals surface area (Å²) >= 11 is 0. The van der Waals surface area contributed by atoms with Gasteiger partial charge in [-0.05, 0) is 18.2 Å². The second kappa shape index (κ2) is 5.17. The number of fused-ring (bicyclic) bond motifs is 1. The van der Waals surface area contributed by atoms with Gasteiger partial charge in [0, 0.05) is 18.2 Å². The first kappa shape index (κ1) is 13.4. The zero-order valence-electron chi connectivity index (χ0n) is 12.3. The Balaban J connectivity index is 1.74. The van der Waals surface area contributed by atoms with Crippen LogP contribution in [-0.2, 0) is 4.79 Å². The first-order chi connectivity index (χ1) is 11.2. The van der Waals surface area contributed by atoms with Gasteiger partial charge in [0.15, 0.2) is 0 Å². The molecule has 1 aliphatic heterocycles. The smallest absolute Gasteiger partial charge is 0.343 e. The molecule has 0 saturated carbocycles. The lowest BCUT2D eigenvalue weighted by Crippen LogP contribution is -2.25. The van der Waals surface area contributed by atoms with Gasteiger partial charge in [-0.2, -0.15) is 4.99 Å². The summed E-state index contributed by atoms with van der Waals surface area (Å²) in [6.45, 7) is 0. The van der Waals surface area contributed by atoms with E-state index in [9.17, 15) is 4.79 Å². The zero-order chi connectivity index (χ0) is 15.8. The van der Waals surface area contributed by atoms with Gasteiger partial charge in [-0.3, -0.25) is 4.79 Å². The number of amides is 1. The third-order valence-electron chi connectivity index (χ3n) is 3.67. The Bertz CT molecular complexity index is 915. The van der Waals surface area contributed by atoms with Gasteiger partial charge < -0.3 is 9.32 Å². The highest BCUT2D eigenvalue weighted by atomic mass is 16.4. The molecule has 4 rings (SSSR count). The van der Waals surface area contributed by atoms with Crippen LogP contribution in [0.15, 0.2) is 64.0 Å². The normalized spacial score (nSPS) is 15.3. The van der Waals surface area contributed by atoms with Crippen LogP contribution < -0.4 is 4.90 Å². The molecule has 0 bridgehead atoms. The average molecular weight is 304 g/mol. The number of benzene rings is 2. The molecule has 1 amide bonds. The van der Waals surface area contributed by atoms with E-state index in [0.717, 1.165) is 16.8 Å². The lowest BCUT2D eigenvalue weighted by atomic mass is 10.1. The molecule has 1 aromatic heterocycles. The maximum atomic E-state index is 12.3. The summed E-state index contributed by atoms with van der Waals surface area (Å²) in [6.07, 6.45) is 0. The molecule has 2 aromatic carbocycles. The zero-order valence-corrected chi connectivity index (χ0v) is 12.3. The van der Waals surface area contributed by atoms with Gasteiger partial charge in [-0.1, -0.05) is 41.5 Å². The van der Waals surface area contributed by atoms with Crippen molar-refractivity contribution in [2.75, 3.05) is 11.9 Å². The van der Waals surface area contributed by atoms with Gasteiger partial charge in [-0.25, -0.2) is 0 Å². The van der Waals surface area contributed by atoms with Crippen LogP contribution in [0, 0.1) is 0 Å². The summed E-state index contributed by atoms with van der Waals surface area (Å²) in [6, 6.07) is 17.0. The number of hydrogen-bond donors (Lipinski definition) is 0. The predicted octanol–water partition coefficient (Wildman–Crippen LogP) is 2.83. The minimum atomic E-state index is -0.189. The minimum absolute atomic E-state index is 0.0670. The Labute approximate surface area is 132 Å². The van der Waals surface area contributed by atoms with Gasteiger partial charge in [0.2, 0.25) is 5.89 Å². The SMILES string of the molecule is CN1C(=O)C(=Nc2nnc(-c3ccccc3)o2)c2ccccc21. The van der Waals surface area contributed by atoms with Crippen molar-refractivity contribution in [3.8, 4) is 11.5 Å². The Kier molecular flexibility index (Phi) is 3.01. The second-order valence-electron chi connectivity index (χ2n) is 5.10. The fraction of sp³-hybridized carbons (Fsp3) is 0.0588. The van der Waals surface area contributed by atoms with E-state index < -0.39 is 0 Å². The van der Waals surface area contributed by atoms with E-state index in [0.29, 0.717) is 11.6 Å². The molecule has 0 atom stereocenters. The van der Waals surface area contributed by atoms with Crippen LogP contribution in [0.1, 0.15) is 5.56 Å². The first-order valence-corrected chi connectivity index (χ1v) is 7.09. The molecule has 23 heavy (non-hydrogen) atoms. The Morgan fingerprint density at radius 3 is 2.57 bits per heavy atom. The molecule has 0 fully saturated rings. The van der Waals surface area contributed by atoms with Crippen molar-refractivity contribution in [1.82, 2.24) is 10.2 Å². The third-order valence-corrected chi connectivity index (χ3v) is 3.67. The molecule has 1 aliphatic rings. The summed E-state index contributed by atoms with van der Waals surface area (Å²) in [5, 5.41) is 7.89. The van der Waals surface area contributed by atoms with Crippen molar-refractivity contribution in [2.45, 2.75) is 0 Å². The van der Waals surface area contributed by atoms with E-state index in [4.69, 9.17) is 4.42 Å². The van der Waals surface area contributed by atoms with Gasteiger partial charge in [0.25, 0.3) is 5.91 Å². The van der Waals surface area contributed by atoms with E-state index in [2.05, 4.69) is 15.2 Å². The summed E-state index contributed by atoms with van der Waals surface area (Å²) in [5.41, 5.74) is 2.70. The Morgan fingerprint density at radius 1 is 1.00 bits per heavy atom. The lowest BCUT2D eigenvalue weighted by molar-refractivity contribution is -0.111. The first-order valence-electron chi connectivity index (χ1n) is 7.09. The van der Waals surface area contributed by atoms with E-state index in [1.165, 1.54) is 0 Å². The van der Waals surface area contributed by atoms with Crippen LogP contribution in [-0.4, -0.2) is 28.9 Å². The fourth-order valence-corrected chi connectivity index (χ4v) is 2.51. The number of carbonyl (C=O) groups is 1. The molecule has 6 heteroatoms. The van der Waals surface area contributed by atoms with Crippen LogP contribution in [0.5, 0.6) is 0 Å². The molecule has 6 nitrogen and oxygen atoms in total. The highest BCUT2D eigenvalue weighted by Gasteiger charge is 2.31. The number of anilines is 1. The Hall–Kier alpha value is -3.28. The number of rotatable bonds is 2. The molecule has 112 valence electrons. The Morgan fingerprint density at radius 2 is 1.74 bits per heavy atom. The number of likely N-dealkylation sites (N-methyl/N-ethyl adjacent to an activating group) is 1. The third kappa shape index (κ3) is 2.20. The average Bonchev–Trinajstić information content (AvgIpc) is 3.16. The van der Waals surface area contributed by atoms with E-state index in [-0.39, 0.29) is 11.9 Å². The number of hydrogen-bond acceptors (Lipinski definition) is 5. The molecule has 0 unspecified atom stereocenters. The van der Waals surface area contributed by atoms with Crippen LogP contribution in [0.4, 0.5) is 11.7 Å². The van der Waals surface area contributed by atoms with Crippen molar-refractivity contribution < 1.29 is 9.21 Å². The maximum absolute atomic E-state index is 12.3. The molecular formula is C17H12N4O2. The lowest BCUT2D eigenvalue weighted by Gasteiger charge is -2.07. The molecule has 0 N–H and O–H groups in total. The quantitative estimate of drug-likeness (QED) is 0.730. The number of para-hydroxylation sites is 1. The second-order valence-corrected chi connectivity index (χ2v) is 5.10. The van der Waals surface area contributed by atoms with Crippen LogP contribution in [0.3, 0.4) is 0 Å². The highest BCUT2D eigenvalue weighted by Crippen LogP contribution is 2.29. The van der Waals surface area contributed by atoms with Crippen molar-refractivity contribution in [1.29, 1.82) is 0 Å². The van der Waals surface area contributed by atoms with Crippen LogP contribution >= 0.6 is 0 Å². The molecule has 0 aliphatic carbocycles. The number of aromatic nitrogens is 2. The van der Waals surface area contributed by atoms with Gasteiger partial charge in [0.1, 0.15) is 5.71 Å². The molecule has 2 heterocycles. The number of aliphatic imine (C=N–C) groups is 1. The molecule has 0 spiro atoms. The van der Waals surface area contributed by atoms with E-state index in [1.807, 2.05) is 54.6 Å².